The Hall–Kier alpha value is -2.95. The summed E-state index contributed by atoms with van der Waals surface area (Å²) >= 11 is 0. The lowest BCUT2D eigenvalue weighted by Crippen LogP contribution is -2.16. The van der Waals surface area contributed by atoms with Crippen LogP contribution in [-0.2, 0) is 4.79 Å². The van der Waals surface area contributed by atoms with Gasteiger partial charge in [-0.05, 0) is 54.8 Å². The van der Waals surface area contributed by atoms with Gasteiger partial charge in [0.1, 0.15) is 5.75 Å². The number of amides is 1. The third-order valence-electron chi connectivity index (χ3n) is 6.37. The fraction of sp³-hybridized carbons (Fsp3) is 0.516. The maximum absolute atomic E-state index is 12.3. The summed E-state index contributed by atoms with van der Waals surface area (Å²) in [4.78, 5) is 24.3. The summed E-state index contributed by atoms with van der Waals surface area (Å²) in [5.74, 6) is 0.0277. The molecule has 0 radical (unpaired) electrons. The van der Waals surface area contributed by atoms with E-state index in [2.05, 4.69) is 17.5 Å². The van der Waals surface area contributed by atoms with E-state index in [0.717, 1.165) is 24.0 Å². The van der Waals surface area contributed by atoms with Gasteiger partial charge in [-0.25, -0.2) is 10.2 Å². The summed E-state index contributed by atoms with van der Waals surface area (Å²) in [6.45, 7) is 4.14. The van der Waals surface area contributed by atoms with Crippen molar-refractivity contribution in [3.63, 3.8) is 0 Å². The highest BCUT2D eigenvalue weighted by atomic mass is 16.5. The highest BCUT2D eigenvalue weighted by Crippen LogP contribution is 2.16. The molecule has 2 rings (SSSR count). The van der Waals surface area contributed by atoms with Crippen LogP contribution in [0.15, 0.2) is 53.6 Å². The van der Waals surface area contributed by atoms with Crippen molar-refractivity contribution in [2.45, 2.75) is 104 Å². The number of rotatable bonds is 18. The Bertz CT molecular complexity index is 922. The minimum atomic E-state index is -0.380. The van der Waals surface area contributed by atoms with Crippen LogP contribution in [0.1, 0.15) is 118 Å². The zero-order valence-electron chi connectivity index (χ0n) is 22.3. The lowest BCUT2D eigenvalue weighted by Gasteiger charge is -2.06. The molecule has 0 aliphatic rings. The van der Waals surface area contributed by atoms with E-state index in [1.165, 1.54) is 70.6 Å². The number of unbranched alkanes of at least 4 members (excludes halogenated alkanes) is 12. The van der Waals surface area contributed by atoms with Crippen molar-refractivity contribution in [3.8, 4) is 5.75 Å². The maximum atomic E-state index is 12.3. The SMILES string of the molecule is CCCCCCCCCCCCCCCC(=O)NN=Cc1ccc(OC(=O)c2ccccc2C)cc1. The molecule has 0 aliphatic carbocycles. The van der Waals surface area contributed by atoms with Gasteiger partial charge in [-0.15, -0.1) is 0 Å². The number of ether oxygens (including phenoxy) is 1. The van der Waals surface area contributed by atoms with Gasteiger partial charge in [-0.2, -0.15) is 5.10 Å². The molecule has 2 aromatic carbocycles. The molecule has 36 heavy (non-hydrogen) atoms. The maximum Gasteiger partial charge on any atom is 0.343 e. The number of carbonyl (C=O) groups is 2. The van der Waals surface area contributed by atoms with Crippen LogP contribution in [0.4, 0.5) is 0 Å². The highest BCUT2D eigenvalue weighted by molar-refractivity contribution is 5.92. The van der Waals surface area contributed by atoms with Crippen LogP contribution in [0.25, 0.3) is 0 Å². The summed E-state index contributed by atoms with van der Waals surface area (Å²) in [5, 5.41) is 4.04. The summed E-state index contributed by atoms with van der Waals surface area (Å²) in [5.41, 5.74) is 4.83. The molecule has 1 N–H and O–H groups in total. The molecule has 0 saturated carbocycles. The first-order valence-corrected chi connectivity index (χ1v) is 13.8. The van der Waals surface area contributed by atoms with Gasteiger partial charge in [0.05, 0.1) is 11.8 Å². The monoisotopic (exact) mass is 492 g/mol. The average molecular weight is 493 g/mol. The molecule has 0 heterocycles. The van der Waals surface area contributed by atoms with Gasteiger partial charge in [-0.3, -0.25) is 4.79 Å². The van der Waals surface area contributed by atoms with Crippen molar-refractivity contribution in [2.24, 2.45) is 5.10 Å². The van der Waals surface area contributed by atoms with E-state index in [1.807, 2.05) is 25.1 Å². The predicted octanol–water partition coefficient (Wildman–Crippen LogP) is 8.15. The van der Waals surface area contributed by atoms with Crippen LogP contribution in [-0.4, -0.2) is 18.1 Å². The van der Waals surface area contributed by atoms with Crippen molar-refractivity contribution in [3.05, 3.63) is 65.2 Å². The van der Waals surface area contributed by atoms with E-state index in [4.69, 9.17) is 4.74 Å². The molecule has 2 aromatic rings. The molecule has 0 aromatic heterocycles. The van der Waals surface area contributed by atoms with Gasteiger partial charge < -0.3 is 4.74 Å². The van der Waals surface area contributed by atoms with E-state index in [0.29, 0.717) is 17.7 Å². The summed E-state index contributed by atoms with van der Waals surface area (Å²) < 4.78 is 5.44. The Kier molecular flexibility index (Phi) is 14.9. The van der Waals surface area contributed by atoms with Crippen molar-refractivity contribution in [1.29, 1.82) is 0 Å². The first-order valence-electron chi connectivity index (χ1n) is 13.8. The molecule has 1 amide bonds. The molecule has 5 heteroatoms. The van der Waals surface area contributed by atoms with Crippen LogP contribution in [0.2, 0.25) is 0 Å². The number of esters is 1. The number of hydrazone groups is 1. The van der Waals surface area contributed by atoms with Crippen molar-refractivity contribution >= 4 is 18.1 Å². The van der Waals surface area contributed by atoms with Crippen LogP contribution >= 0.6 is 0 Å². The van der Waals surface area contributed by atoms with Crippen molar-refractivity contribution in [1.82, 2.24) is 5.43 Å². The summed E-state index contributed by atoms with van der Waals surface area (Å²) in [6, 6.07) is 14.3. The number of hydrogen-bond acceptors (Lipinski definition) is 4. The third-order valence-corrected chi connectivity index (χ3v) is 6.37. The fourth-order valence-electron chi connectivity index (χ4n) is 4.12. The molecule has 0 unspecified atom stereocenters. The average Bonchev–Trinajstić information content (AvgIpc) is 2.88. The van der Waals surface area contributed by atoms with Gasteiger partial charge in [0.2, 0.25) is 5.91 Å². The largest absolute Gasteiger partial charge is 0.423 e. The number of hydrogen-bond donors (Lipinski definition) is 1. The zero-order chi connectivity index (χ0) is 25.8. The van der Waals surface area contributed by atoms with Gasteiger partial charge in [-0.1, -0.05) is 102 Å². The minimum absolute atomic E-state index is 0.0573. The Morgan fingerprint density at radius 3 is 1.92 bits per heavy atom. The molecule has 0 bridgehead atoms. The van der Waals surface area contributed by atoms with Crippen molar-refractivity contribution in [2.75, 3.05) is 0 Å². The molecule has 0 spiro atoms. The molecule has 5 nitrogen and oxygen atoms in total. The van der Waals surface area contributed by atoms with E-state index in [9.17, 15) is 9.59 Å². The highest BCUT2D eigenvalue weighted by Gasteiger charge is 2.10. The molecule has 196 valence electrons. The lowest BCUT2D eigenvalue weighted by atomic mass is 10.0. The number of benzene rings is 2. The summed E-state index contributed by atoms with van der Waals surface area (Å²) in [7, 11) is 0. The third kappa shape index (κ3) is 12.7. The first-order chi connectivity index (χ1) is 17.6. The first kappa shape index (κ1) is 29.3. The van der Waals surface area contributed by atoms with Gasteiger partial charge in [0.15, 0.2) is 0 Å². The fourth-order valence-corrected chi connectivity index (χ4v) is 4.12. The smallest absolute Gasteiger partial charge is 0.343 e. The number of nitrogens with zero attached hydrogens (tertiary/aromatic N) is 1. The summed E-state index contributed by atoms with van der Waals surface area (Å²) in [6.07, 6.45) is 18.9. The minimum Gasteiger partial charge on any atom is -0.423 e. The molecular weight excluding hydrogens is 448 g/mol. The Balaban J connectivity index is 1.51. The molecule has 0 fully saturated rings. The molecule has 0 saturated heterocycles. The number of nitrogens with one attached hydrogen (secondary N) is 1. The Labute approximate surface area is 217 Å². The Morgan fingerprint density at radius 1 is 0.778 bits per heavy atom. The van der Waals surface area contributed by atoms with Gasteiger partial charge in [0, 0.05) is 6.42 Å². The second-order valence-corrected chi connectivity index (χ2v) is 9.56. The van der Waals surface area contributed by atoms with E-state index < -0.39 is 0 Å². The van der Waals surface area contributed by atoms with Gasteiger partial charge >= 0.3 is 5.97 Å². The van der Waals surface area contributed by atoms with Gasteiger partial charge in [0.25, 0.3) is 0 Å². The molecule has 0 atom stereocenters. The van der Waals surface area contributed by atoms with E-state index in [1.54, 1.807) is 36.5 Å². The molecular formula is C31H44N2O3. The van der Waals surface area contributed by atoms with Crippen LogP contribution in [0.5, 0.6) is 5.75 Å². The van der Waals surface area contributed by atoms with Crippen LogP contribution in [0, 0.1) is 6.92 Å². The topological polar surface area (TPSA) is 67.8 Å². The quantitative estimate of drug-likeness (QED) is 0.0750. The second kappa shape index (κ2) is 18.3. The zero-order valence-corrected chi connectivity index (χ0v) is 22.3. The van der Waals surface area contributed by atoms with Crippen LogP contribution in [0.3, 0.4) is 0 Å². The van der Waals surface area contributed by atoms with E-state index in [-0.39, 0.29) is 11.9 Å². The second-order valence-electron chi connectivity index (χ2n) is 9.56. The van der Waals surface area contributed by atoms with Crippen molar-refractivity contribution < 1.29 is 14.3 Å². The van der Waals surface area contributed by atoms with Crippen LogP contribution < -0.4 is 10.2 Å². The lowest BCUT2D eigenvalue weighted by molar-refractivity contribution is -0.121. The Morgan fingerprint density at radius 2 is 1.33 bits per heavy atom. The predicted molar refractivity (Wildman–Crippen MR) is 149 cm³/mol. The number of carbonyl (C=O) groups excluding carboxylic acids is 2. The molecule has 0 aliphatic heterocycles. The number of aryl methyl sites for hydroxylation is 1. The van der Waals surface area contributed by atoms with E-state index >= 15 is 0 Å². The standard InChI is InChI=1S/C31H44N2O3/c1-3-4-5-6-7-8-9-10-11-12-13-14-15-20-30(34)33-32-25-27-21-23-28(24-22-27)36-31(35)29-19-17-16-18-26(29)2/h16-19,21-25H,3-15,20H2,1-2H3,(H,33,34). The normalized spacial score (nSPS) is 11.1.